The van der Waals surface area contributed by atoms with E-state index in [9.17, 15) is 9.50 Å². The van der Waals surface area contributed by atoms with E-state index >= 15 is 0 Å². The van der Waals surface area contributed by atoms with E-state index in [2.05, 4.69) is 22.3 Å². The number of aliphatic hydroxyl groups is 1. The molecule has 0 saturated carbocycles. The van der Waals surface area contributed by atoms with Crippen molar-refractivity contribution >= 4 is 5.52 Å². The van der Waals surface area contributed by atoms with Crippen LogP contribution < -0.4 is 14.8 Å². The highest BCUT2D eigenvalue weighted by Gasteiger charge is 2.23. The Morgan fingerprint density at radius 1 is 1.28 bits per heavy atom. The van der Waals surface area contributed by atoms with Crippen molar-refractivity contribution < 1.29 is 19.0 Å². The average Bonchev–Trinajstić information content (AvgIpc) is 3.39. The Morgan fingerprint density at radius 3 is 2.88 bits per heavy atom. The second-order valence-corrected chi connectivity index (χ2v) is 7.61. The molecule has 0 bridgehead atoms. The van der Waals surface area contributed by atoms with Crippen LogP contribution in [-0.2, 0) is 13.1 Å². The number of fused-ring (bicyclic) bond motifs is 2. The molecule has 0 aromatic carbocycles. The molecule has 166 valence electrons. The third-order valence-corrected chi connectivity index (χ3v) is 5.66. The molecular formula is C22H23FN6O3. The summed E-state index contributed by atoms with van der Waals surface area (Å²) in [7, 11) is 1.56. The molecule has 1 atom stereocenters. The van der Waals surface area contributed by atoms with Crippen molar-refractivity contribution in [3.63, 3.8) is 0 Å². The molecule has 0 saturated heterocycles. The van der Waals surface area contributed by atoms with Gasteiger partial charge in [-0.25, -0.2) is 8.91 Å². The molecule has 1 aliphatic heterocycles. The van der Waals surface area contributed by atoms with Crippen LogP contribution in [0.1, 0.15) is 23.1 Å². The molecule has 4 aromatic heterocycles. The van der Waals surface area contributed by atoms with Gasteiger partial charge < -0.3 is 19.9 Å². The Morgan fingerprint density at radius 2 is 2.16 bits per heavy atom. The number of aliphatic hydroxyl groups excluding tert-OH is 1. The molecular weight excluding hydrogens is 415 g/mol. The first-order valence-corrected chi connectivity index (χ1v) is 10.3. The smallest absolute Gasteiger partial charge is 0.168 e. The minimum absolute atomic E-state index is 0.338. The van der Waals surface area contributed by atoms with Crippen molar-refractivity contribution in [3.8, 4) is 22.8 Å². The monoisotopic (exact) mass is 438 g/mol. The van der Waals surface area contributed by atoms with Crippen LogP contribution in [0.5, 0.6) is 11.5 Å². The molecule has 4 aromatic rings. The zero-order chi connectivity index (χ0) is 22.2. The molecule has 9 nitrogen and oxygen atoms in total. The number of halogens is 1. The van der Waals surface area contributed by atoms with Crippen LogP contribution in [0, 0.1) is 12.7 Å². The number of ether oxygens (including phenoxy) is 2. The third kappa shape index (κ3) is 3.47. The molecule has 32 heavy (non-hydrogen) atoms. The first-order chi connectivity index (χ1) is 15.6. The number of nitrogens with one attached hydrogen (secondary N) is 1. The summed E-state index contributed by atoms with van der Waals surface area (Å²) in [6.07, 6.45) is 3.78. The summed E-state index contributed by atoms with van der Waals surface area (Å²) in [5.41, 5.74) is 4.92. The van der Waals surface area contributed by atoms with Gasteiger partial charge in [0.2, 0.25) is 0 Å². The highest BCUT2D eigenvalue weighted by molar-refractivity contribution is 5.75. The number of hydrogen-bond acceptors (Lipinski definition) is 7. The fraction of sp³-hybridized carbons (Fsp3) is 0.318. The fourth-order valence-electron chi connectivity index (χ4n) is 4.01. The molecule has 2 N–H and O–H groups in total. The molecule has 0 amide bonds. The molecule has 1 unspecified atom stereocenters. The number of hydrogen-bond donors (Lipinski definition) is 2. The van der Waals surface area contributed by atoms with Gasteiger partial charge in [0.05, 0.1) is 49.7 Å². The number of aromatic nitrogens is 5. The number of methoxy groups -OCH3 is 1. The lowest BCUT2D eigenvalue weighted by Crippen LogP contribution is -2.28. The minimum atomic E-state index is -0.797. The predicted molar refractivity (Wildman–Crippen MR) is 114 cm³/mol. The summed E-state index contributed by atoms with van der Waals surface area (Å²) in [6.45, 7) is 4.16. The molecule has 5 rings (SSSR count). The Labute approximate surface area is 183 Å². The second kappa shape index (κ2) is 8.21. The normalized spacial score (nSPS) is 14.4. The maximum Gasteiger partial charge on any atom is 0.168 e. The molecule has 0 radical (unpaired) electrons. The van der Waals surface area contributed by atoms with E-state index in [1.165, 1.54) is 12.1 Å². The summed E-state index contributed by atoms with van der Waals surface area (Å²) >= 11 is 0. The Hall–Kier alpha value is -3.50. The second-order valence-electron chi connectivity index (χ2n) is 7.61. The molecule has 0 aliphatic carbocycles. The molecule has 10 heteroatoms. The minimum Gasteiger partial charge on any atom is -0.493 e. The van der Waals surface area contributed by atoms with Crippen molar-refractivity contribution in [3.05, 3.63) is 59.6 Å². The van der Waals surface area contributed by atoms with Gasteiger partial charge in [0, 0.05) is 24.8 Å². The Bertz CT molecular complexity index is 1270. The van der Waals surface area contributed by atoms with Crippen LogP contribution >= 0.6 is 0 Å². The Balaban J connectivity index is 1.62. The summed E-state index contributed by atoms with van der Waals surface area (Å²) in [5, 5.41) is 22.5. The third-order valence-electron chi connectivity index (χ3n) is 5.66. The predicted octanol–water partition coefficient (Wildman–Crippen LogP) is 2.26. The van der Waals surface area contributed by atoms with E-state index in [-0.39, 0.29) is 6.61 Å². The molecule has 1 aliphatic rings. The lowest BCUT2D eigenvalue weighted by molar-refractivity contribution is 0.114. The number of pyridine rings is 2. The van der Waals surface area contributed by atoms with Crippen molar-refractivity contribution in [1.82, 2.24) is 29.7 Å². The standard InChI is InChI=1S/C22H23FN6O3/c1-13-17-9-24-5-6-28(17)27-21(13)14-7-18(22-19(31-2)10-26-29(22)11-14)32-20(12-30)16-4-3-15(23)8-25-16/h3-4,7-8,10-11,20,24,30H,5-6,9,12H2,1-2H3. The Kier molecular flexibility index (Phi) is 5.24. The zero-order valence-electron chi connectivity index (χ0n) is 17.7. The first kappa shape index (κ1) is 20.4. The van der Waals surface area contributed by atoms with Gasteiger partial charge in [0.15, 0.2) is 23.1 Å². The molecule has 5 heterocycles. The lowest BCUT2D eigenvalue weighted by atomic mass is 10.1. The highest BCUT2D eigenvalue weighted by atomic mass is 19.1. The van der Waals surface area contributed by atoms with Gasteiger partial charge >= 0.3 is 0 Å². The van der Waals surface area contributed by atoms with Gasteiger partial charge in [-0.2, -0.15) is 10.2 Å². The fourth-order valence-corrected chi connectivity index (χ4v) is 4.01. The van der Waals surface area contributed by atoms with Gasteiger partial charge in [0.1, 0.15) is 5.82 Å². The van der Waals surface area contributed by atoms with Crippen LogP contribution in [0.15, 0.2) is 36.8 Å². The average molecular weight is 438 g/mol. The van der Waals surface area contributed by atoms with E-state index in [0.717, 1.165) is 48.3 Å². The molecule has 0 fully saturated rings. The zero-order valence-corrected chi connectivity index (χ0v) is 17.7. The van der Waals surface area contributed by atoms with E-state index in [0.29, 0.717) is 22.7 Å². The topological polar surface area (TPSA) is 98.7 Å². The van der Waals surface area contributed by atoms with Gasteiger partial charge in [-0.05, 0) is 30.7 Å². The SMILES string of the molecule is COc1cnn2cc(-c3nn4c(c3C)CNCC4)cc(OC(CO)c3ccc(F)cn3)c12. The van der Waals surface area contributed by atoms with Crippen LogP contribution in [0.4, 0.5) is 4.39 Å². The highest BCUT2D eigenvalue weighted by Crippen LogP contribution is 2.36. The maximum atomic E-state index is 13.3. The van der Waals surface area contributed by atoms with Gasteiger partial charge in [-0.1, -0.05) is 0 Å². The summed E-state index contributed by atoms with van der Waals surface area (Å²) < 4.78 is 28.7. The summed E-state index contributed by atoms with van der Waals surface area (Å²) in [5.74, 6) is 0.520. The summed E-state index contributed by atoms with van der Waals surface area (Å²) in [4.78, 5) is 4.06. The lowest BCUT2D eigenvalue weighted by Gasteiger charge is -2.18. The van der Waals surface area contributed by atoms with Crippen molar-refractivity contribution in [2.45, 2.75) is 26.1 Å². The van der Waals surface area contributed by atoms with Crippen molar-refractivity contribution in [1.29, 1.82) is 0 Å². The summed E-state index contributed by atoms with van der Waals surface area (Å²) in [6, 6.07) is 4.64. The van der Waals surface area contributed by atoms with Crippen molar-refractivity contribution in [2.24, 2.45) is 0 Å². The number of nitrogens with zero attached hydrogens (tertiary/aromatic N) is 5. The van der Waals surface area contributed by atoms with E-state index in [4.69, 9.17) is 14.6 Å². The maximum absolute atomic E-state index is 13.3. The van der Waals surface area contributed by atoms with Gasteiger partial charge in [0.25, 0.3) is 0 Å². The van der Waals surface area contributed by atoms with E-state index in [1.54, 1.807) is 17.8 Å². The van der Waals surface area contributed by atoms with Crippen molar-refractivity contribution in [2.75, 3.05) is 20.3 Å². The van der Waals surface area contributed by atoms with Crippen LogP contribution in [-0.4, -0.2) is 49.7 Å². The van der Waals surface area contributed by atoms with E-state index in [1.807, 2.05) is 16.9 Å². The quantitative estimate of drug-likeness (QED) is 0.476. The van der Waals surface area contributed by atoms with Gasteiger partial charge in [-0.15, -0.1) is 0 Å². The van der Waals surface area contributed by atoms with E-state index < -0.39 is 11.9 Å². The van der Waals surface area contributed by atoms with Crippen LogP contribution in [0.3, 0.4) is 0 Å². The number of rotatable bonds is 6. The van der Waals surface area contributed by atoms with Crippen LogP contribution in [0.25, 0.3) is 16.8 Å². The first-order valence-electron chi connectivity index (χ1n) is 10.3. The van der Waals surface area contributed by atoms with Gasteiger partial charge in [-0.3, -0.25) is 9.67 Å². The largest absolute Gasteiger partial charge is 0.493 e. The molecule has 0 spiro atoms. The van der Waals surface area contributed by atoms with Crippen LogP contribution in [0.2, 0.25) is 0 Å².